The van der Waals surface area contributed by atoms with Crippen LogP contribution in [0.25, 0.3) is 11.0 Å². The highest BCUT2D eigenvalue weighted by Crippen LogP contribution is 2.34. The number of aryl methyl sites for hydroxylation is 2. The van der Waals surface area contributed by atoms with Crippen molar-refractivity contribution in [3.8, 4) is 0 Å². The summed E-state index contributed by atoms with van der Waals surface area (Å²) in [6.07, 6.45) is -3.63. The SMILES string of the molecule is CCc1c(C)oc2ccc(C(F)(F)F)cc12. The molecule has 0 bridgehead atoms. The molecule has 0 unspecified atom stereocenters. The van der Waals surface area contributed by atoms with Crippen molar-refractivity contribution < 1.29 is 17.6 Å². The van der Waals surface area contributed by atoms with Crippen LogP contribution in [-0.4, -0.2) is 0 Å². The Labute approximate surface area is 90.9 Å². The molecule has 0 atom stereocenters. The van der Waals surface area contributed by atoms with Gasteiger partial charge < -0.3 is 4.42 Å². The van der Waals surface area contributed by atoms with Crippen LogP contribution in [0.1, 0.15) is 23.8 Å². The highest BCUT2D eigenvalue weighted by molar-refractivity contribution is 5.83. The molecule has 1 heterocycles. The van der Waals surface area contributed by atoms with Crippen molar-refractivity contribution in [3.05, 3.63) is 35.1 Å². The monoisotopic (exact) mass is 228 g/mol. The molecule has 0 radical (unpaired) electrons. The van der Waals surface area contributed by atoms with E-state index in [9.17, 15) is 13.2 Å². The molecule has 2 rings (SSSR count). The summed E-state index contributed by atoms with van der Waals surface area (Å²) in [7, 11) is 0. The Morgan fingerprint density at radius 2 is 1.94 bits per heavy atom. The zero-order valence-electron chi connectivity index (χ0n) is 8.98. The molecule has 4 heteroatoms. The van der Waals surface area contributed by atoms with Crippen LogP contribution < -0.4 is 0 Å². The third kappa shape index (κ3) is 1.68. The van der Waals surface area contributed by atoms with Crippen molar-refractivity contribution in [2.24, 2.45) is 0 Å². The van der Waals surface area contributed by atoms with Crippen molar-refractivity contribution in [2.45, 2.75) is 26.4 Å². The third-order valence-electron chi connectivity index (χ3n) is 2.67. The van der Waals surface area contributed by atoms with E-state index in [4.69, 9.17) is 4.42 Å². The van der Waals surface area contributed by atoms with Crippen molar-refractivity contribution in [2.75, 3.05) is 0 Å². The molecule has 1 aromatic heterocycles. The maximum absolute atomic E-state index is 12.5. The lowest BCUT2D eigenvalue weighted by Gasteiger charge is -2.05. The van der Waals surface area contributed by atoms with E-state index >= 15 is 0 Å². The van der Waals surface area contributed by atoms with Crippen LogP contribution in [0, 0.1) is 6.92 Å². The minimum atomic E-state index is -4.30. The molecule has 0 spiro atoms. The molecule has 1 nitrogen and oxygen atoms in total. The molecular formula is C12H11F3O. The van der Waals surface area contributed by atoms with E-state index in [-0.39, 0.29) is 0 Å². The molecule has 0 fully saturated rings. The summed E-state index contributed by atoms with van der Waals surface area (Å²) in [5.74, 6) is 0.692. The van der Waals surface area contributed by atoms with Gasteiger partial charge in [0.15, 0.2) is 0 Å². The summed E-state index contributed by atoms with van der Waals surface area (Å²) in [5.41, 5.74) is 0.735. The molecule has 0 amide bonds. The van der Waals surface area contributed by atoms with E-state index < -0.39 is 11.7 Å². The Morgan fingerprint density at radius 1 is 1.25 bits per heavy atom. The molecule has 1 aromatic carbocycles. The van der Waals surface area contributed by atoms with Gasteiger partial charge in [-0.3, -0.25) is 0 Å². The number of hydrogen-bond acceptors (Lipinski definition) is 1. The first-order valence-corrected chi connectivity index (χ1v) is 5.02. The number of alkyl halides is 3. The van der Waals surface area contributed by atoms with E-state index in [0.717, 1.165) is 17.7 Å². The van der Waals surface area contributed by atoms with Gasteiger partial charge >= 0.3 is 6.18 Å². The Kier molecular flexibility index (Phi) is 2.45. The first-order chi connectivity index (χ1) is 7.43. The van der Waals surface area contributed by atoms with E-state index in [0.29, 0.717) is 23.2 Å². The van der Waals surface area contributed by atoms with Crippen LogP contribution in [-0.2, 0) is 12.6 Å². The van der Waals surface area contributed by atoms with Crippen LogP contribution in [0.15, 0.2) is 22.6 Å². The fourth-order valence-electron chi connectivity index (χ4n) is 1.89. The minimum absolute atomic E-state index is 0.516. The lowest BCUT2D eigenvalue weighted by Crippen LogP contribution is -2.04. The quantitative estimate of drug-likeness (QED) is 0.708. The molecule has 0 aliphatic rings. The highest BCUT2D eigenvalue weighted by atomic mass is 19.4. The first kappa shape index (κ1) is 11.0. The number of benzene rings is 1. The van der Waals surface area contributed by atoms with E-state index in [1.807, 2.05) is 6.92 Å². The summed E-state index contributed by atoms with van der Waals surface area (Å²) < 4.78 is 43.0. The Balaban J connectivity index is 2.69. The summed E-state index contributed by atoms with van der Waals surface area (Å²) in [5, 5.41) is 0.565. The van der Waals surface area contributed by atoms with Gasteiger partial charge in [-0.2, -0.15) is 13.2 Å². The maximum atomic E-state index is 12.5. The fourth-order valence-corrected chi connectivity index (χ4v) is 1.89. The van der Waals surface area contributed by atoms with Crippen LogP contribution in [0.5, 0.6) is 0 Å². The summed E-state index contributed by atoms with van der Waals surface area (Å²) >= 11 is 0. The number of furan rings is 1. The van der Waals surface area contributed by atoms with Crippen LogP contribution in [0.4, 0.5) is 13.2 Å². The normalized spacial score (nSPS) is 12.3. The Bertz CT molecular complexity index is 523. The van der Waals surface area contributed by atoms with Crippen LogP contribution in [0.2, 0.25) is 0 Å². The van der Waals surface area contributed by atoms with Gasteiger partial charge in [0.1, 0.15) is 11.3 Å². The van der Waals surface area contributed by atoms with Crippen molar-refractivity contribution in [3.63, 3.8) is 0 Å². The van der Waals surface area contributed by atoms with E-state index in [1.165, 1.54) is 6.07 Å². The topological polar surface area (TPSA) is 13.1 Å². The molecule has 0 aliphatic heterocycles. The third-order valence-corrected chi connectivity index (χ3v) is 2.67. The molecule has 0 N–H and O–H groups in total. The summed E-state index contributed by atoms with van der Waals surface area (Å²) in [6.45, 7) is 3.67. The lowest BCUT2D eigenvalue weighted by molar-refractivity contribution is -0.137. The second-order valence-corrected chi connectivity index (χ2v) is 3.70. The van der Waals surface area contributed by atoms with Crippen molar-refractivity contribution >= 4 is 11.0 Å². The summed E-state index contributed by atoms with van der Waals surface area (Å²) in [4.78, 5) is 0. The van der Waals surface area contributed by atoms with Gasteiger partial charge in [0, 0.05) is 10.9 Å². The van der Waals surface area contributed by atoms with Gasteiger partial charge in [-0.1, -0.05) is 6.92 Å². The molecule has 2 aromatic rings. The van der Waals surface area contributed by atoms with Crippen LogP contribution in [0.3, 0.4) is 0 Å². The molecule has 16 heavy (non-hydrogen) atoms. The second-order valence-electron chi connectivity index (χ2n) is 3.70. The molecular weight excluding hydrogens is 217 g/mol. The summed E-state index contributed by atoms with van der Waals surface area (Å²) in [6, 6.07) is 3.58. The van der Waals surface area contributed by atoms with Gasteiger partial charge in [0.05, 0.1) is 5.56 Å². The predicted octanol–water partition coefficient (Wildman–Crippen LogP) is 4.32. The number of rotatable bonds is 1. The van der Waals surface area contributed by atoms with Crippen molar-refractivity contribution in [1.82, 2.24) is 0 Å². The number of fused-ring (bicyclic) bond motifs is 1. The molecule has 86 valence electrons. The van der Waals surface area contributed by atoms with Gasteiger partial charge in [-0.15, -0.1) is 0 Å². The van der Waals surface area contributed by atoms with Gasteiger partial charge in [-0.05, 0) is 31.5 Å². The van der Waals surface area contributed by atoms with Gasteiger partial charge in [0.25, 0.3) is 0 Å². The lowest BCUT2D eigenvalue weighted by atomic mass is 10.1. The maximum Gasteiger partial charge on any atom is 0.416 e. The zero-order chi connectivity index (χ0) is 11.9. The average molecular weight is 228 g/mol. The standard InChI is InChI=1S/C12H11F3O/c1-3-9-7(2)16-11-5-4-8(6-10(9)11)12(13,14)15/h4-6H,3H2,1-2H3. The van der Waals surface area contributed by atoms with Crippen LogP contribution >= 0.6 is 0 Å². The smallest absolute Gasteiger partial charge is 0.416 e. The largest absolute Gasteiger partial charge is 0.461 e. The number of halogens is 3. The van der Waals surface area contributed by atoms with E-state index in [1.54, 1.807) is 6.92 Å². The molecule has 0 saturated carbocycles. The predicted molar refractivity (Wildman–Crippen MR) is 55.3 cm³/mol. The van der Waals surface area contributed by atoms with Crippen molar-refractivity contribution in [1.29, 1.82) is 0 Å². The zero-order valence-corrected chi connectivity index (χ0v) is 8.98. The number of hydrogen-bond donors (Lipinski definition) is 0. The second kappa shape index (κ2) is 3.54. The molecule has 0 saturated heterocycles. The van der Waals surface area contributed by atoms with E-state index in [2.05, 4.69) is 0 Å². The van der Waals surface area contributed by atoms with Gasteiger partial charge in [-0.25, -0.2) is 0 Å². The average Bonchev–Trinajstić information content (AvgIpc) is 2.50. The first-order valence-electron chi connectivity index (χ1n) is 5.02. The fraction of sp³-hybridized carbons (Fsp3) is 0.333. The van der Waals surface area contributed by atoms with Gasteiger partial charge in [0.2, 0.25) is 0 Å². The Morgan fingerprint density at radius 3 is 2.50 bits per heavy atom. The molecule has 0 aliphatic carbocycles. The highest BCUT2D eigenvalue weighted by Gasteiger charge is 2.31. The Hall–Kier alpha value is -1.45. The minimum Gasteiger partial charge on any atom is -0.461 e.